The molecule has 1 aliphatic rings. The highest BCUT2D eigenvalue weighted by Gasteiger charge is 2.18. The molecule has 27 heavy (non-hydrogen) atoms. The van der Waals surface area contributed by atoms with E-state index in [9.17, 15) is 9.59 Å². The van der Waals surface area contributed by atoms with Gasteiger partial charge in [-0.15, -0.1) is 0 Å². The van der Waals surface area contributed by atoms with Gasteiger partial charge in [0.25, 0.3) is 0 Å². The zero-order valence-electron chi connectivity index (χ0n) is 15.6. The molecule has 1 N–H and O–H groups in total. The second kappa shape index (κ2) is 7.99. The van der Waals surface area contributed by atoms with Crippen molar-refractivity contribution in [1.82, 2.24) is 4.90 Å². The van der Waals surface area contributed by atoms with Gasteiger partial charge in [0, 0.05) is 13.5 Å². The van der Waals surface area contributed by atoms with Crippen LogP contribution in [0.4, 0.5) is 5.69 Å². The normalized spacial score (nSPS) is 11.8. The van der Waals surface area contributed by atoms with Crippen molar-refractivity contribution in [3.8, 4) is 17.2 Å². The monoisotopic (exact) mass is 370 g/mol. The lowest BCUT2D eigenvalue weighted by atomic mass is 10.2. The van der Waals surface area contributed by atoms with E-state index < -0.39 is 0 Å². The van der Waals surface area contributed by atoms with E-state index in [0.717, 1.165) is 11.1 Å². The van der Waals surface area contributed by atoms with Crippen molar-refractivity contribution < 1.29 is 23.8 Å². The van der Waals surface area contributed by atoms with Crippen molar-refractivity contribution in [2.45, 2.75) is 20.4 Å². The number of benzene rings is 2. The number of carbonyl (C=O) groups excluding carboxylic acids is 2. The molecule has 3 rings (SSSR count). The number of methoxy groups -OCH3 is 1. The molecule has 2 aromatic carbocycles. The van der Waals surface area contributed by atoms with Crippen LogP contribution < -0.4 is 19.5 Å². The number of hydrogen-bond acceptors (Lipinski definition) is 5. The SMILES string of the molecule is COc1ccc(C)cc1NC(=O)CN(Cc1ccc2c(c1)OCO2)C(C)=O. The van der Waals surface area contributed by atoms with Gasteiger partial charge in [0.1, 0.15) is 12.3 Å². The molecule has 0 unspecified atom stereocenters. The second-order valence-corrected chi connectivity index (χ2v) is 6.31. The Bertz CT molecular complexity index is 865. The van der Waals surface area contributed by atoms with Crippen molar-refractivity contribution in [2.75, 3.05) is 25.8 Å². The first-order valence-electron chi connectivity index (χ1n) is 8.55. The number of fused-ring (bicyclic) bond motifs is 1. The number of amides is 2. The molecule has 0 spiro atoms. The minimum absolute atomic E-state index is 0.0686. The number of nitrogens with one attached hydrogen (secondary N) is 1. The molecule has 0 saturated carbocycles. The van der Waals surface area contributed by atoms with Crippen molar-refractivity contribution in [3.63, 3.8) is 0 Å². The van der Waals surface area contributed by atoms with Crippen LogP contribution in [0, 0.1) is 6.92 Å². The lowest BCUT2D eigenvalue weighted by molar-refractivity contribution is -0.133. The largest absolute Gasteiger partial charge is 0.495 e. The minimum atomic E-state index is -0.296. The van der Waals surface area contributed by atoms with E-state index in [-0.39, 0.29) is 25.2 Å². The molecule has 2 aromatic rings. The van der Waals surface area contributed by atoms with Gasteiger partial charge in [-0.05, 0) is 42.3 Å². The summed E-state index contributed by atoms with van der Waals surface area (Å²) in [4.78, 5) is 26.0. The maximum absolute atomic E-state index is 12.5. The van der Waals surface area contributed by atoms with Crippen molar-refractivity contribution in [3.05, 3.63) is 47.5 Å². The predicted octanol–water partition coefficient (Wildman–Crippen LogP) is 2.72. The third-order valence-electron chi connectivity index (χ3n) is 4.22. The van der Waals surface area contributed by atoms with E-state index >= 15 is 0 Å². The summed E-state index contributed by atoms with van der Waals surface area (Å²) in [7, 11) is 1.54. The van der Waals surface area contributed by atoms with E-state index in [4.69, 9.17) is 14.2 Å². The number of anilines is 1. The Morgan fingerprint density at radius 3 is 2.67 bits per heavy atom. The minimum Gasteiger partial charge on any atom is -0.495 e. The Morgan fingerprint density at radius 2 is 1.93 bits per heavy atom. The molecule has 1 aliphatic heterocycles. The molecule has 0 saturated heterocycles. The fourth-order valence-electron chi connectivity index (χ4n) is 2.82. The van der Waals surface area contributed by atoms with Crippen LogP contribution in [0.2, 0.25) is 0 Å². The molecule has 0 fully saturated rings. The van der Waals surface area contributed by atoms with Crippen LogP contribution in [0.15, 0.2) is 36.4 Å². The first-order chi connectivity index (χ1) is 13.0. The van der Waals surface area contributed by atoms with Gasteiger partial charge in [0.05, 0.1) is 12.8 Å². The molecule has 2 amide bonds. The zero-order valence-corrected chi connectivity index (χ0v) is 15.6. The summed E-state index contributed by atoms with van der Waals surface area (Å²) in [6, 6.07) is 11.0. The van der Waals surface area contributed by atoms with E-state index in [0.29, 0.717) is 29.5 Å². The van der Waals surface area contributed by atoms with E-state index in [2.05, 4.69) is 5.32 Å². The highest BCUT2D eigenvalue weighted by atomic mass is 16.7. The van der Waals surface area contributed by atoms with Crippen LogP contribution in [0.3, 0.4) is 0 Å². The fraction of sp³-hybridized carbons (Fsp3) is 0.300. The van der Waals surface area contributed by atoms with Gasteiger partial charge in [0.15, 0.2) is 11.5 Å². The molecular formula is C20H22N2O5. The predicted molar refractivity (Wildman–Crippen MR) is 100 cm³/mol. The molecule has 142 valence electrons. The fourth-order valence-corrected chi connectivity index (χ4v) is 2.82. The van der Waals surface area contributed by atoms with Gasteiger partial charge in [-0.3, -0.25) is 9.59 Å². The molecular weight excluding hydrogens is 348 g/mol. The average Bonchev–Trinajstić information content (AvgIpc) is 3.09. The van der Waals surface area contributed by atoms with E-state index in [1.54, 1.807) is 19.2 Å². The Labute approximate surface area is 157 Å². The van der Waals surface area contributed by atoms with Crippen LogP contribution in [0.25, 0.3) is 0 Å². The molecule has 7 nitrogen and oxygen atoms in total. The van der Waals surface area contributed by atoms with Crippen LogP contribution >= 0.6 is 0 Å². The third-order valence-corrected chi connectivity index (χ3v) is 4.22. The van der Waals surface area contributed by atoms with Gasteiger partial charge in [0.2, 0.25) is 18.6 Å². The second-order valence-electron chi connectivity index (χ2n) is 6.31. The smallest absolute Gasteiger partial charge is 0.244 e. The van der Waals surface area contributed by atoms with Gasteiger partial charge in [-0.1, -0.05) is 12.1 Å². The summed E-state index contributed by atoms with van der Waals surface area (Å²) in [6.45, 7) is 3.78. The third kappa shape index (κ3) is 4.49. The Hall–Kier alpha value is -3.22. The average molecular weight is 370 g/mol. The van der Waals surface area contributed by atoms with Crippen molar-refractivity contribution in [1.29, 1.82) is 0 Å². The molecule has 1 heterocycles. The lowest BCUT2D eigenvalue weighted by Crippen LogP contribution is -2.36. The molecule has 0 aromatic heterocycles. The highest BCUT2D eigenvalue weighted by Crippen LogP contribution is 2.32. The number of nitrogens with zero attached hydrogens (tertiary/aromatic N) is 1. The summed E-state index contributed by atoms with van der Waals surface area (Å²) < 4.78 is 15.9. The number of carbonyl (C=O) groups is 2. The van der Waals surface area contributed by atoms with Crippen LogP contribution in [0.5, 0.6) is 17.2 Å². The number of hydrogen-bond donors (Lipinski definition) is 1. The summed E-state index contributed by atoms with van der Waals surface area (Å²) in [5.41, 5.74) is 2.43. The number of aryl methyl sites for hydroxylation is 1. The first kappa shape index (κ1) is 18.6. The summed E-state index contributed by atoms with van der Waals surface area (Å²) >= 11 is 0. The zero-order chi connectivity index (χ0) is 19.4. The van der Waals surface area contributed by atoms with Gasteiger partial charge in [-0.25, -0.2) is 0 Å². The summed E-state index contributed by atoms with van der Waals surface area (Å²) in [5, 5.41) is 2.81. The van der Waals surface area contributed by atoms with Gasteiger partial charge < -0.3 is 24.4 Å². The highest BCUT2D eigenvalue weighted by molar-refractivity contribution is 5.95. The molecule has 0 bridgehead atoms. The molecule has 0 aliphatic carbocycles. The standard InChI is InChI=1S/C20H22N2O5/c1-13-4-6-17(25-3)16(8-13)21-20(24)11-22(14(2)23)10-15-5-7-18-19(9-15)27-12-26-18/h4-9H,10-12H2,1-3H3,(H,21,24). The van der Waals surface area contributed by atoms with Crippen LogP contribution in [0.1, 0.15) is 18.1 Å². The van der Waals surface area contributed by atoms with Gasteiger partial charge >= 0.3 is 0 Å². The number of rotatable bonds is 6. The first-order valence-corrected chi connectivity index (χ1v) is 8.55. The lowest BCUT2D eigenvalue weighted by Gasteiger charge is -2.21. The number of ether oxygens (including phenoxy) is 3. The van der Waals surface area contributed by atoms with Crippen LogP contribution in [-0.2, 0) is 16.1 Å². The Balaban J connectivity index is 1.68. The molecule has 0 radical (unpaired) electrons. The molecule has 0 atom stereocenters. The molecule has 7 heteroatoms. The van der Waals surface area contributed by atoms with E-state index in [1.807, 2.05) is 31.2 Å². The van der Waals surface area contributed by atoms with Crippen molar-refractivity contribution in [2.24, 2.45) is 0 Å². The Kier molecular flexibility index (Phi) is 5.49. The summed E-state index contributed by atoms with van der Waals surface area (Å²) in [5.74, 6) is 1.40. The Morgan fingerprint density at radius 1 is 1.15 bits per heavy atom. The topological polar surface area (TPSA) is 77.1 Å². The maximum Gasteiger partial charge on any atom is 0.244 e. The maximum atomic E-state index is 12.5. The van der Waals surface area contributed by atoms with Crippen molar-refractivity contribution >= 4 is 17.5 Å². The van der Waals surface area contributed by atoms with Gasteiger partial charge in [-0.2, -0.15) is 0 Å². The van der Waals surface area contributed by atoms with Crippen LogP contribution in [-0.4, -0.2) is 37.2 Å². The quantitative estimate of drug-likeness (QED) is 0.846. The summed E-state index contributed by atoms with van der Waals surface area (Å²) in [6.07, 6.45) is 0. The van der Waals surface area contributed by atoms with E-state index in [1.165, 1.54) is 11.8 Å².